The Morgan fingerprint density at radius 3 is 2.62 bits per heavy atom. The molecule has 1 N–H and O–H groups in total. The lowest BCUT2D eigenvalue weighted by atomic mass is 9.95. The minimum atomic E-state index is -0.0579. The molecule has 1 aromatic carbocycles. The number of hydrogen-bond acceptors (Lipinski definition) is 3. The van der Waals surface area contributed by atoms with E-state index in [0.29, 0.717) is 6.04 Å². The molecule has 1 aromatic rings. The van der Waals surface area contributed by atoms with Crippen LogP contribution in [0.2, 0.25) is 0 Å². The highest BCUT2D eigenvalue weighted by molar-refractivity contribution is 8.00. The van der Waals surface area contributed by atoms with E-state index >= 15 is 0 Å². The van der Waals surface area contributed by atoms with E-state index in [4.69, 9.17) is 4.74 Å². The lowest BCUT2D eigenvalue weighted by Crippen LogP contribution is -2.42. The third kappa shape index (κ3) is 3.37. The van der Waals surface area contributed by atoms with Crippen LogP contribution in [0.1, 0.15) is 32.6 Å². The number of amides is 1. The number of fused-ring (bicyclic) bond motifs is 2. The molecule has 0 heterocycles. The summed E-state index contributed by atoms with van der Waals surface area (Å²) in [5.41, 5.74) is 0. The standard InChI is InChI=1S/C17H23NO2S/c1-11(21-15-7-5-14(20-2)6-8-15)17(19)18-16-10-12-3-4-13(16)9-12/h5-8,11-13,16H,3-4,9-10H2,1-2H3,(H,18,19)/t11-,12+,13+,16+/m0/s1. The van der Waals surface area contributed by atoms with Gasteiger partial charge in [-0.15, -0.1) is 11.8 Å². The Morgan fingerprint density at radius 1 is 1.29 bits per heavy atom. The third-order valence-corrected chi connectivity index (χ3v) is 5.92. The van der Waals surface area contributed by atoms with Gasteiger partial charge in [0.15, 0.2) is 0 Å². The quantitative estimate of drug-likeness (QED) is 0.846. The van der Waals surface area contributed by atoms with Crippen LogP contribution in [0.3, 0.4) is 0 Å². The van der Waals surface area contributed by atoms with Crippen molar-refractivity contribution >= 4 is 17.7 Å². The molecule has 3 rings (SSSR count). The number of methoxy groups -OCH3 is 1. The molecule has 4 heteroatoms. The van der Waals surface area contributed by atoms with Crippen LogP contribution in [-0.4, -0.2) is 24.3 Å². The number of hydrogen-bond donors (Lipinski definition) is 1. The second-order valence-electron chi connectivity index (χ2n) is 6.23. The van der Waals surface area contributed by atoms with Crippen LogP contribution in [0.4, 0.5) is 0 Å². The predicted octanol–water partition coefficient (Wildman–Crippen LogP) is 3.48. The molecule has 2 aliphatic carbocycles. The zero-order valence-corrected chi connectivity index (χ0v) is 13.5. The largest absolute Gasteiger partial charge is 0.497 e. The number of thioether (sulfide) groups is 1. The summed E-state index contributed by atoms with van der Waals surface area (Å²) < 4.78 is 5.15. The van der Waals surface area contributed by atoms with Crippen LogP contribution in [0.5, 0.6) is 5.75 Å². The fourth-order valence-corrected chi connectivity index (χ4v) is 4.51. The summed E-state index contributed by atoms with van der Waals surface area (Å²) >= 11 is 1.61. The lowest BCUT2D eigenvalue weighted by molar-refractivity contribution is -0.121. The molecule has 0 saturated heterocycles. The van der Waals surface area contributed by atoms with Crippen molar-refractivity contribution in [1.29, 1.82) is 0 Å². The van der Waals surface area contributed by atoms with E-state index in [9.17, 15) is 4.79 Å². The molecule has 21 heavy (non-hydrogen) atoms. The molecule has 0 radical (unpaired) electrons. The smallest absolute Gasteiger partial charge is 0.233 e. The zero-order chi connectivity index (χ0) is 14.8. The molecule has 1 amide bonds. The summed E-state index contributed by atoms with van der Waals surface area (Å²) in [5.74, 6) is 2.62. The summed E-state index contributed by atoms with van der Waals surface area (Å²) in [6.45, 7) is 1.98. The highest BCUT2D eigenvalue weighted by atomic mass is 32.2. The van der Waals surface area contributed by atoms with Gasteiger partial charge in [-0.3, -0.25) is 4.79 Å². The molecule has 2 aliphatic rings. The average Bonchev–Trinajstić information content (AvgIpc) is 3.10. The Morgan fingerprint density at radius 2 is 2.05 bits per heavy atom. The summed E-state index contributed by atoms with van der Waals surface area (Å²) in [5, 5.41) is 3.21. The van der Waals surface area contributed by atoms with Crippen molar-refractivity contribution in [1.82, 2.24) is 5.32 Å². The molecular weight excluding hydrogens is 282 g/mol. The molecule has 4 atom stereocenters. The number of carbonyl (C=O) groups excluding carboxylic acids is 1. The maximum Gasteiger partial charge on any atom is 0.233 e. The Balaban J connectivity index is 1.52. The first-order valence-corrected chi connectivity index (χ1v) is 8.64. The van der Waals surface area contributed by atoms with Crippen molar-refractivity contribution in [3.63, 3.8) is 0 Å². The van der Waals surface area contributed by atoms with Gasteiger partial charge in [0.25, 0.3) is 0 Å². The van der Waals surface area contributed by atoms with Crippen molar-refractivity contribution in [3.8, 4) is 5.75 Å². The van der Waals surface area contributed by atoms with Crippen LogP contribution >= 0.6 is 11.8 Å². The average molecular weight is 305 g/mol. The van der Waals surface area contributed by atoms with Crippen LogP contribution < -0.4 is 10.1 Å². The molecule has 2 saturated carbocycles. The van der Waals surface area contributed by atoms with Gasteiger partial charge in [-0.25, -0.2) is 0 Å². The molecule has 2 fully saturated rings. The van der Waals surface area contributed by atoms with E-state index < -0.39 is 0 Å². The van der Waals surface area contributed by atoms with Gasteiger partial charge in [-0.05, 0) is 62.3 Å². The van der Waals surface area contributed by atoms with Crippen LogP contribution in [0, 0.1) is 11.8 Å². The van der Waals surface area contributed by atoms with Crippen molar-refractivity contribution < 1.29 is 9.53 Å². The summed E-state index contributed by atoms with van der Waals surface area (Å²) in [6.07, 6.45) is 5.18. The first-order valence-electron chi connectivity index (χ1n) is 7.77. The first-order chi connectivity index (χ1) is 10.2. The molecule has 0 unspecified atom stereocenters. The number of ether oxygens (including phenoxy) is 1. The van der Waals surface area contributed by atoms with E-state index in [1.54, 1.807) is 18.9 Å². The second-order valence-corrected chi connectivity index (χ2v) is 7.64. The molecule has 0 spiro atoms. The van der Waals surface area contributed by atoms with Crippen molar-refractivity contribution in [2.45, 2.75) is 48.8 Å². The maximum absolute atomic E-state index is 12.3. The minimum Gasteiger partial charge on any atom is -0.497 e. The van der Waals surface area contributed by atoms with Gasteiger partial charge in [0.1, 0.15) is 5.75 Å². The van der Waals surface area contributed by atoms with Gasteiger partial charge < -0.3 is 10.1 Å². The summed E-state index contributed by atoms with van der Waals surface area (Å²) in [4.78, 5) is 13.4. The number of benzene rings is 1. The van der Waals surface area contributed by atoms with E-state index in [1.165, 1.54) is 25.7 Å². The highest BCUT2D eigenvalue weighted by Crippen LogP contribution is 2.44. The normalized spacial score (nSPS) is 28.4. The Hall–Kier alpha value is -1.16. The molecule has 0 aromatic heterocycles. The highest BCUT2D eigenvalue weighted by Gasteiger charge is 2.40. The predicted molar refractivity (Wildman–Crippen MR) is 85.7 cm³/mol. The molecule has 114 valence electrons. The second kappa shape index (κ2) is 6.30. The number of rotatable bonds is 5. The Bertz CT molecular complexity index is 502. The SMILES string of the molecule is COc1ccc(S[C@@H](C)C(=O)N[C@@H]2C[C@@H]3CC[C@@H]2C3)cc1. The third-order valence-electron chi connectivity index (χ3n) is 4.81. The topological polar surface area (TPSA) is 38.3 Å². The van der Waals surface area contributed by atoms with Crippen LogP contribution in [0.15, 0.2) is 29.2 Å². The monoisotopic (exact) mass is 305 g/mol. The van der Waals surface area contributed by atoms with Crippen molar-refractivity contribution in [3.05, 3.63) is 24.3 Å². The fraction of sp³-hybridized carbons (Fsp3) is 0.588. The molecular formula is C17H23NO2S. The van der Waals surface area contributed by atoms with Gasteiger partial charge in [-0.1, -0.05) is 6.42 Å². The summed E-state index contributed by atoms with van der Waals surface area (Å²) in [7, 11) is 1.66. The Kier molecular flexibility index (Phi) is 4.43. The fourth-order valence-electron chi connectivity index (χ4n) is 3.63. The van der Waals surface area contributed by atoms with Gasteiger partial charge in [0, 0.05) is 10.9 Å². The van der Waals surface area contributed by atoms with Crippen LogP contribution in [0.25, 0.3) is 0 Å². The lowest BCUT2D eigenvalue weighted by Gasteiger charge is -2.24. The van der Waals surface area contributed by atoms with E-state index in [0.717, 1.165) is 22.5 Å². The number of nitrogens with one attached hydrogen (secondary N) is 1. The van der Waals surface area contributed by atoms with Crippen molar-refractivity contribution in [2.75, 3.05) is 7.11 Å². The van der Waals surface area contributed by atoms with Gasteiger partial charge >= 0.3 is 0 Å². The van der Waals surface area contributed by atoms with Crippen molar-refractivity contribution in [2.24, 2.45) is 11.8 Å². The van der Waals surface area contributed by atoms with E-state index in [-0.39, 0.29) is 11.2 Å². The zero-order valence-electron chi connectivity index (χ0n) is 12.7. The first kappa shape index (κ1) is 14.8. The summed E-state index contributed by atoms with van der Waals surface area (Å²) in [6, 6.07) is 8.30. The van der Waals surface area contributed by atoms with E-state index in [1.807, 2.05) is 31.2 Å². The molecule has 3 nitrogen and oxygen atoms in total. The van der Waals surface area contributed by atoms with Crippen LogP contribution in [-0.2, 0) is 4.79 Å². The van der Waals surface area contributed by atoms with Gasteiger partial charge in [0.05, 0.1) is 12.4 Å². The Labute approximate surface area is 130 Å². The maximum atomic E-state index is 12.3. The van der Waals surface area contributed by atoms with E-state index in [2.05, 4.69) is 5.32 Å². The molecule has 0 aliphatic heterocycles. The number of carbonyl (C=O) groups is 1. The minimum absolute atomic E-state index is 0.0579. The van der Waals surface area contributed by atoms with Gasteiger partial charge in [0.2, 0.25) is 5.91 Å². The van der Waals surface area contributed by atoms with Gasteiger partial charge in [-0.2, -0.15) is 0 Å². The molecule has 2 bridgehead atoms.